The lowest BCUT2D eigenvalue weighted by Gasteiger charge is -2.15. The van der Waals surface area contributed by atoms with Crippen molar-refractivity contribution in [1.29, 1.82) is 0 Å². The van der Waals surface area contributed by atoms with E-state index in [0.717, 1.165) is 16.6 Å². The molecule has 0 amide bonds. The summed E-state index contributed by atoms with van der Waals surface area (Å²) < 4.78 is 25.3. The summed E-state index contributed by atoms with van der Waals surface area (Å²) in [6.45, 7) is 5.13. The fourth-order valence-corrected chi connectivity index (χ4v) is 2.78. The molecule has 2 aromatic rings. The van der Waals surface area contributed by atoms with Crippen LogP contribution in [0.15, 0.2) is 34.8 Å². The molecule has 24 heavy (non-hydrogen) atoms. The van der Waals surface area contributed by atoms with Gasteiger partial charge in [-0.15, -0.1) is 0 Å². The Morgan fingerprint density at radius 2 is 1.92 bits per heavy atom. The monoisotopic (exact) mass is 415 g/mol. The predicted octanol–water partition coefficient (Wildman–Crippen LogP) is 5.33. The van der Waals surface area contributed by atoms with E-state index in [4.69, 9.17) is 21.1 Å². The van der Waals surface area contributed by atoms with Crippen molar-refractivity contribution < 1.29 is 13.9 Å². The molecule has 0 spiro atoms. The van der Waals surface area contributed by atoms with Crippen LogP contribution in [0.5, 0.6) is 11.5 Å². The number of ether oxygens (including phenoxy) is 2. The average Bonchev–Trinajstić information content (AvgIpc) is 2.53. The van der Waals surface area contributed by atoms with Gasteiger partial charge in [0.1, 0.15) is 12.4 Å². The minimum Gasteiger partial charge on any atom is -0.493 e. The summed E-state index contributed by atoms with van der Waals surface area (Å²) in [7, 11) is 1.60. The van der Waals surface area contributed by atoms with Crippen molar-refractivity contribution in [2.75, 3.05) is 7.11 Å². The van der Waals surface area contributed by atoms with Gasteiger partial charge in [0.15, 0.2) is 11.5 Å². The lowest BCUT2D eigenvalue weighted by Crippen LogP contribution is -2.22. The summed E-state index contributed by atoms with van der Waals surface area (Å²) in [5.74, 6) is 0.862. The third-order valence-corrected chi connectivity index (χ3v) is 4.52. The first-order valence-electron chi connectivity index (χ1n) is 7.57. The van der Waals surface area contributed by atoms with Gasteiger partial charge in [0.05, 0.1) is 12.1 Å². The molecule has 0 bridgehead atoms. The van der Waals surface area contributed by atoms with E-state index in [1.807, 2.05) is 12.1 Å². The third-order valence-electron chi connectivity index (χ3n) is 3.43. The number of rotatable bonds is 7. The summed E-state index contributed by atoms with van der Waals surface area (Å²) >= 11 is 9.59. The number of methoxy groups -OCH3 is 1. The van der Waals surface area contributed by atoms with E-state index in [9.17, 15) is 4.39 Å². The van der Waals surface area contributed by atoms with Gasteiger partial charge in [0.25, 0.3) is 0 Å². The van der Waals surface area contributed by atoms with Gasteiger partial charge in [-0.1, -0.05) is 47.4 Å². The Labute approximate surface area is 155 Å². The summed E-state index contributed by atoms with van der Waals surface area (Å²) in [4.78, 5) is 0. The van der Waals surface area contributed by atoms with Crippen LogP contribution >= 0.6 is 27.5 Å². The second-order valence-corrected chi connectivity index (χ2v) is 6.92. The maximum Gasteiger partial charge on any atom is 0.162 e. The van der Waals surface area contributed by atoms with Crippen molar-refractivity contribution in [3.05, 3.63) is 56.8 Å². The molecule has 0 aromatic heterocycles. The zero-order valence-corrected chi connectivity index (χ0v) is 16.2. The number of benzene rings is 2. The van der Waals surface area contributed by atoms with Crippen molar-refractivity contribution in [3.8, 4) is 11.5 Å². The van der Waals surface area contributed by atoms with Gasteiger partial charge in [-0.2, -0.15) is 0 Å². The Kier molecular flexibility index (Phi) is 6.90. The number of nitrogens with one attached hydrogen (secondary N) is 1. The molecule has 6 heteroatoms. The molecule has 0 atom stereocenters. The maximum atomic E-state index is 13.1. The largest absolute Gasteiger partial charge is 0.493 e. The van der Waals surface area contributed by atoms with Gasteiger partial charge in [-0.05, 0) is 29.8 Å². The van der Waals surface area contributed by atoms with E-state index in [1.165, 1.54) is 12.1 Å². The summed E-state index contributed by atoms with van der Waals surface area (Å²) in [6, 6.07) is 8.43. The van der Waals surface area contributed by atoms with Crippen LogP contribution in [0.3, 0.4) is 0 Å². The molecule has 1 N–H and O–H groups in total. The smallest absolute Gasteiger partial charge is 0.162 e. The summed E-state index contributed by atoms with van der Waals surface area (Å²) in [5.41, 5.74) is 1.79. The van der Waals surface area contributed by atoms with Crippen LogP contribution < -0.4 is 14.8 Å². The Bertz CT molecular complexity index is 710. The SMILES string of the molecule is COc1cc(CNC(C)C)c(Br)cc1OCc1ccc(F)cc1Cl. The Morgan fingerprint density at radius 3 is 2.54 bits per heavy atom. The van der Waals surface area contributed by atoms with Crippen LogP contribution in [0.25, 0.3) is 0 Å². The first-order chi connectivity index (χ1) is 11.4. The number of halogens is 3. The van der Waals surface area contributed by atoms with Crippen LogP contribution in [0.1, 0.15) is 25.0 Å². The fraction of sp³-hybridized carbons (Fsp3) is 0.333. The molecule has 0 saturated carbocycles. The van der Waals surface area contributed by atoms with E-state index < -0.39 is 0 Å². The first-order valence-corrected chi connectivity index (χ1v) is 8.74. The van der Waals surface area contributed by atoms with Crippen molar-refractivity contribution in [2.24, 2.45) is 0 Å². The van der Waals surface area contributed by atoms with Crippen molar-refractivity contribution in [1.82, 2.24) is 5.32 Å². The first kappa shape index (κ1) is 19.0. The van der Waals surface area contributed by atoms with Gasteiger partial charge in [0.2, 0.25) is 0 Å². The summed E-state index contributed by atoms with van der Waals surface area (Å²) in [5, 5.41) is 3.70. The van der Waals surface area contributed by atoms with Gasteiger partial charge in [-0.3, -0.25) is 0 Å². The van der Waals surface area contributed by atoms with Crippen LogP contribution in [0.2, 0.25) is 5.02 Å². The van der Waals surface area contributed by atoms with Crippen LogP contribution in [-0.4, -0.2) is 13.2 Å². The van der Waals surface area contributed by atoms with Crippen molar-refractivity contribution >= 4 is 27.5 Å². The quantitative estimate of drug-likeness (QED) is 0.662. The Hall–Kier alpha value is -1.30. The van der Waals surface area contributed by atoms with Crippen LogP contribution in [0, 0.1) is 5.82 Å². The lowest BCUT2D eigenvalue weighted by atomic mass is 10.2. The molecule has 2 aromatic carbocycles. The predicted molar refractivity (Wildman–Crippen MR) is 98.4 cm³/mol. The normalized spacial score (nSPS) is 11.0. The topological polar surface area (TPSA) is 30.5 Å². The zero-order valence-electron chi connectivity index (χ0n) is 13.8. The van der Waals surface area contributed by atoms with E-state index >= 15 is 0 Å². The van der Waals surface area contributed by atoms with E-state index in [2.05, 4.69) is 35.1 Å². The maximum absolute atomic E-state index is 13.1. The molecule has 0 saturated heterocycles. The molecule has 0 aliphatic rings. The highest BCUT2D eigenvalue weighted by Crippen LogP contribution is 2.34. The van der Waals surface area contributed by atoms with E-state index in [-0.39, 0.29) is 12.4 Å². The zero-order chi connectivity index (χ0) is 17.7. The minimum absolute atomic E-state index is 0.228. The molecule has 0 heterocycles. The number of hydrogen-bond donors (Lipinski definition) is 1. The van der Waals surface area contributed by atoms with Crippen molar-refractivity contribution in [2.45, 2.75) is 33.0 Å². The highest BCUT2D eigenvalue weighted by atomic mass is 79.9. The molecule has 130 valence electrons. The minimum atomic E-state index is -0.369. The number of hydrogen-bond acceptors (Lipinski definition) is 3. The molecule has 3 nitrogen and oxygen atoms in total. The Balaban J connectivity index is 2.16. The van der Waals surface area contributed by atoms with Gasteiger partial charge in [0, 0.05) is 22.6 Å². The lowest BCUT2D eigenvalue weighted by molar-refractivity contribution is 0.284. The van der Waals surface area contributed by atoms with Crippen LogP contribution in [0.4, 0.5) is 4.39 Å². The fourth-order valence-electron chi connectivity index (χ4n) is 2.09. The average molecular weight is 417 g/mol. The second-order valence-electron chi connectivity index (χ2n) is 5.65. The van der Waals surface area contributed by atoms with Gasteiger partial charge in [-0.25, -0.2) is 4.39 Å². The second kappa shape index (κ2) is 8.70. The molecular formula is C18H20BrClFNO2. The third kappa shape index (κ3) is 5.10. The molecule has 0 unspecified atom stereocenters. The van der Waals surface area contributed by atoms with Crippen molar-refractivity contribution in [3.63, 3.8) is 0 Å². The molecule has 2 rings (SSSR count). The Morgan fingerprint density at radius 1 is 1.17 bits per heavy atom. The molecule has 0 fully saturated rings. The molecule has 0 radical (unpaired) electrons. The highest BCUT2D eigenvalue weighted by molar-refractivity contribution is 9.10. The van der Waals surface area contributed by atoms with Gasteiger partial charge >= 0.3 is 0 Å². The molecule has 0 aliphatic carbocycles. The van der Waals surface area contributed by atoms with Gasteiger partial charge < -0.3 is 14.8 Å². The summed E-state index contributed by atoms with van der Waals surface area (Å²) in [6.07, 6.45) is 0. The van der Waals surface area contributed by atoms with E-state index in [1.54, 1.807) is 13.2 Å². The highest BCUT2D eigenvalue weighted by Gasteiger charge is 2.12. The standard InChI is InChI=1S/C18H20BrClFNO2/c1-11(2)22-9-13-6-17(23-3)18(8-15(13)19)24-10-12-4-5-14(21)7-16(12)20/h4-8,11,22H,9-10H2,1-3H3. The molecular weight excluding hydrogens is 397 g/mol. The van der Waals surface area contributed by atoms with E-state index in [0.29, 0.717) is 28.1 Å². The van der Waals surface area contributed by atoms with Crippen LogP contribution in [-0.2, 0) is 13.2 Å². The molecule has 0 aliphatic heterocycles.